The lowest BCUT2D eigenvalue weighted by Gasteiger charge is -2.36. The van der Waals surface area contributed by atoms with Crippen LogP contribution in [0.15, 0.2) is 12.1 Å². The first-order valence-corrected chi connectivity index (χ1v) is 8.30. The Morgan fingerprint density at radius 2 is 2.25 bits per heavy atom. The normalized spacial score (nSPS) is 18.4. The van der Waals surface area contributed by atoms with Crippen molar-refractivity contribution >= 4 is 11.6 Å². The van der Waals surface area contributed by atoms with Gasteiger partial charge in [-0.1, -0.05) is 13.8 Å². The molecular formula is C17H24N4O3. The number of aryl methyl sites for hydroxylation is 1. The topological polar surface area (TPSA) is 69.0 Å². The van der Waals surface area contributed by atoms with Gasteiger partial charge in [-0.3, -0.25) is 4.79 Å². The summed E-state index contributed by atoms with van der Waals surface area (Å²) in [5.41, 5.74) is 1.82. The smallest absolute Gasteiger partial charge is 0.274 e. The van der Waals surface area contributed by atoms with E-state index >= 15 is 0 Å². The molecule has 0 radical (unpaired) electrons. The number of methoxy groups -OCH3 is 1. The highest BCUT2D eigenvalue weighted by Gasteiger charge is 2.31. The number of carbonyl (C=O) groups is 1. The number of hydrogen-bond donors (Lipinski definition) is 0. The van der Waals surface area contributed by atoms with Gasteiger partial charge in [0.05, 0.1) is 32.1 Å². The van der Waals surface area contributed by atoms with Crippen LogP contribution in [0.3, 0.4) is 0 Å². The Bertz CT molecular complexity index is 741. The molecule has 3 heterocycles. The molecule has 7 nitrogen and oxygen atoms in total. The van der Waals surface area contributed by atoms with Crippen molar-refractivity contribution in [3.63, 3.8) is 0 Å². The number of imidazole rings is 1. The minimum atomic E-state index is -0.0466. The fourth-order valence-electron chi connectivity index (χ4n) is 3.18. The van der Waals surface area contributed by atoms with Crippen LogP contribution in [0.2, 0.25) is 0 Å². The molecule has 1 fully saturated rings. The highest BCUT2D eigenvalue weighted by Crippen LogP contribution is 2.21. The van der Waals surface area contributed by atoms with E-state index in [0.717, 1.165) is 6.42 Å². The summed E-state index contributed by atoms with van der Waals surface area (Å²) in [6, 6.07) is 3.63. The van der Waals surface area contributed by atoms with Crippen LogP contribution >= 0.6 is 0 Å². The molecule has 0 aliphatic carbocycles. The summed E-state index contributed by atoms with van der Waals surface area (Å²) < 4.78 is 12.3. The molecule has 2 aromatic rings. The minimum absolute atomic E-state index is 0.0466. The van der Waals surface area contributed by atoms with Gasteiger partial charge in [-0.05, 0) is 25.3 Å². The summed E-state index contributed by atoms with van der Waals surface area (Å²) in [5.74, 6) is 0.901. The monoisotopic (exact) mass is 332 g/mol. The van der Waals surface area contributed by atoms with Crippen molar-refractivity contribution in [1.82, 2.24) is 19.5 Å². The largest absolute Gasteiger partial charge is 0.480 e. The molecule has 1 aliphatic heterocycles. The SMILES string of the molecule is COc1ccc2nc(C)c(C(=O)N3CCOC[C@@H]3CC(C)C)n2n1. The lowest BCUT2D eigenvalue weighted by Crippen LogP contribution is -2.49. The number of rotatable bonds is 4. The van der Waals surface area contributed by atoms with Gasteiger partial charge in [0.15, 0.2) is 11.3 Å². The lowest BCUT2D eigenvalue weighted by molar-refractivity contribution is -0.00792. The predicted molar refractivity (Wildman–Crippen MR) is 89.4 cm³/mol. The van der Waals surface area contributed by atoms with Gasteiger partial charge in [-0.25, -0.2) is 9.50 Å². The van der Waals surface area contributed by atoms with Crippen molar-refractivity contribution in [2.75, 3.05) is 26.9 Å². The second-order valence-electron chi connectivity index (χ2n) is 6.55. The van der Waals surface area contributed by atoms with E-state index in [2.05, 4.69) is 23.9 Å². The summed E-state index contributed by atoms with van der Waals surface area (Å²) in [4.78, 5) is 19.6. The second-order valence-corrected chi connectivity index (χ2v) is 6.55. The quantitative estimate of drug-likeness (QED) is 0.856. The molecule has 2 aromatic heterocycles. The zero-order valence-electron chi connectivity index (χ0n) is 14.7. The third-order valence-electron chi connectivity index (χ3n) is 4.27. The maximum absolute atomic E-state index is 13.2. The second kappa shape index (κ2) is 6.76. The van der Waals surface area contributed by atoms with Crippen molar-refractivity contribution in [1.29, 1.82) is 0 Å². The average Bonchev–Trinajstić information content (AvgIpc) is 2.89. The van der Waals surface area contributed by atoms with Gasteiger partial charge in [0.25, 0.3) is 5.91 Å². The van der Waals surface area contributed by atoms with Crippen LogP contribution in [0.1, 0.15) is 36.5 Å². The Morgan fingerprint density at radius 1 is 1.46 bits per heavy atom. The molecule has 0 bridgehead atoms. The Balaban J connectivity index is 1.98. The van der Waals surface area contributed by atoms with Crippen LogP contribution in [0.4, 0.5) is 0 Å². The number of carbonyl (C=O) groups excluding carboxylic acids is 1. The highest BCUT2D eigenvalue weighted by molar-refractivity contribution is 5.94. The fraction of sp³-hybridized carbons (Fsp3) is 0.588. The lowest BCUT2D eigenvalue weighted by atomic mass is 10.0. The third-order valence-corrected chi connectivity index (χ3v) is 4.27. The first-order chi connectivity index (χ1) is 11.5. The average molecular weight is 332 g/mol. The van der Waals surface area contributed by atoms with Gasteiger partial charge < -0.3 is 14.4 Å². The Labute approximate surface area is 141 Å². The van der Waals surface area contributed by atoms with E-state index in [1.54, 1.807) is 23.8 Å². The molecular weight excluding hydrogens is 308 g/mol. The van der Waals surface area contributed by atoms with E-state index < -0.39 is 0 Å². The highest BCUT2D eigenvalue weighted by atomic mass is 16.5. The Hall–Kier alpha value is -2.15. The van der Waals surface area contributed by atoms with E-state index in [4.69, 9.17) is 9.47 Å². The zero-order chi connectivity index (χ0) is 17.3. The summed E-state index contributed by atoms with van der Waals surface area (Å²) in [5, 5.41) is 4.37. The van der Waals surface area contributed by atoms with Crippen LogP contribution in [0, 0.1) is 12.8 Å². The van der Waals surface area contributed by atoms with Crippen LogP contribution in [0.5, 0.6) is 5.88 Å². The molecule has 1 aliphatic rings. The summed E-state index contributed by atoms with van der Waals surface area (Å²) in [6.07, 6.45) is 0.915. The summed E-state index contributed by atoms with van der Waals surface area (Å²) in [7, 11) is 1.56. The fourth-order valence-corrected chi connectivity index (χ4v) is 3.18. The number of hydrogen-bond acceptors (Lipinski definition) is 5. The minimum Gasteiger partial charge on any atom is -0.480 e. The molecule has 1 amide bonds. The van der Waals surface area contributed by atoms with Gasteiger partial charge in [-0.2, -0.15) is 0 Å². The van der Waals surface area contributed by atoms with Crippen LogP contribution in [-0.2, 0) is 4.74 Å². The zero-order valence-corrected chi connectivity index (χ0v) is 14.7. The van der Waals surface area contributed by atoms with Gasteiger partial charge in [0.2, 0.25) is 5.88 Å². The Morgan fingerprint density at radius 3 is 2.96 bits per heavy atom. The van der Waals surface area contributed by atoms with E-state index in [0.29, 0.717) is 48.6 Å². The van der Waals surface area contributed by atoms with Crippen molar-refractivity contribution < 1.29 is 14.3 Å². The molecule has 1 saturated heterocycles. The van der Waals surface area contributed by atoms with Crippen molar-refractivity contribution in [2.45, 2.75) is 33.2 Å². The number of nitrogens with zero attached hydrogens (tertiary/aromatic N) is 4. The van der Waals surface area contributed by atoms with E-state index in [1.165, 1.54) is 0 Å². The molecule has 0 aromatic carbocycles. The molecule has 0 saturated carbocycles. The van der Waals surface area contributed by atoms with Crippen LogP contribution in [0.25, 0.3) is 5.65 Å². The first-order valence-electron chi connectivity index (χ1n) is 8.30. The first kappa shape index (κ1) is 16.7. The van der Waals surface area contributed by atoms with Crippen LogP contribution in [-0.4, -0.2) is 58.3 Å². The molecule has 24 heavy (non-hydrogen) atoms. The number of aromatic nitrogens is 3. The van der Waals surface area contributed by atoms with Crippen LogP contribution < -0.4 is 4.74 Å². The molecule has 1 atom stereocenters. The number of amides is 1. The van der Waals surface area contributed by atoms with Crippen molar-refractivity contribution in [2.24, 2.45) is 5.92 Å². The van der Waals surface area contributed by atoms with Crippen molar-refractivity contribution in [3.05, 3.63) is 23.5 Å². The molecule has 0 unspecified atom stereocenters. The van der Waals surface area contributed by atoms with E-state index in [1.807, 2.05) is 11.8 Å². The summed E-state index contributed by atoms with van der Waals surface area (Å²) in [6.45, 7) is 7.88. The molecule has 3 rings (SSSR count). The number of fused-ring (bicyclic) bond motifs is 1. The number of ether oxygens (including phenoxy) is 2. The third kappa shape index (κ3) is 3.08. The molecule has 7 heteroatoms. The van der Waals surface area contributed by atoms with E-state index in [-0.39, 0.29) is 11.9 Å². The Kier molecular flexibility index (Phi) is 4.71. The standard InChI is InChI=1S/C17H24N4O3/c1-11(2)9-13-10-24-8-7-20(13)17(22)16-12(3)18-14-5-6-15(23-4)19-21(14)16/h5-6,11,13H,7-10H2,1-4H3/t13-/m0/s1. The summed E-state index contributed by atoms with van der Waals surface area (Å²) >= 11 is 0. The van der Waals surface area contributed by atoms with Gasteiger partial charge >= 0.3 is 0 Å². The molecule has 130 valence electrons. The molecule has 0 N–H and O–H groups in total. The van der Waals surface area contributed by atoms with Gasteiger partial charge in [-0.15, -0.1) is 5.10 Å². The van der Waals surface area contributed by atoms with Gasteiger partial charge in [0.1, 0.15) is 0 Å². The predicted octanol–water partition coefficient (Wildman–Crippen LogP) is 1.93. The maximum Gasteiger partial charge on any atom is 0.274 e. The maximum atomic E-state index is 13.2. The van der Waals surface area contributed by atoms with E-state index in [9.17, 15) is 4.79 Å². The van der Waals surface area contributed by atoms with Crippen molar-refractivity contribution in [3.8, 4) is 5.88 Å². The number of morpholine rings is 1. The molecule has 0 spiro atoms. The van der Waals surface area contributed by atoms with Gasteiger partial charge in [0, 0.05) is 12.6 Å².